The maximum atomic E-state index is 13.2. The van der Waals surface area contributed by atoms with E-state index in [0.717, 1.165) is 5.56 Å². The topological polar surface area (TPSA) is 64.0 Å². The second-order valence-corrected chi connectivity index (χ2v) is 6.69. The van der Waals surface area contributed by atoms with Gasteiger partial charge in [0.25, 0.3) is 11.5 Å². The van der Waals surface area contributed by atoms with E-state index in [9.17, 15) is 14.0 Å². The Bertz CT molecular complexity index is 1230. The molecule has 1 atom stereocenters. The smallest absolute Gasteiger partial charge is 0.279 e. The van der Waals surface area contributed by atoms with Crippen molar-refractivity contribution < 1.29 is 9.18 Å². The number of para-hydroxylation sites is 1. The van der Waals surface area contributed by atoms with Gasteiger partial charge in [-0.15, -0.1) is 0 Å². The van der Waals surface area contributed by atoms with Gasteiger partial charge in [0.1, 0.15) is 5.82 Å². The molecule has 144 valence electrons. The minimum Gasteiger partial charge on any atom is -0.344 e. The van der Waals surface area contributed by atoms with E-state index in [-0.39, 0.29) is 23.1 Å². The van der Waals surface area contributed by atoms with Crippen molar-refractivity contribution in [2.24, 2.45) is 0 Å². The Hall–Kier alpha value is -3.80. The van der Waals surface area contributed by atoms with Crippen LogP contribution in [0.3, 0.4) is 0 Å². The highest BCUT2D eigenvalue weighted by Crippen LogP contribution is 2.18. The largest absolute Gasteiger partial charge is 0.344 e. The van der Waals surface area contributed by atoms with Crippen molar-refractivity contribution in [2.45, 2.75) is 13.0 Å². The lowest BCUT2D eigenvalue weighted by Crippen LogP contribution is -2.31. The molecule has 0 aliphatic heterocycles. The monoisotopic (exact) mass is 387 g/mol. The third-order valence-electron chi connectivity index (χ3n) is 4.74. The molecule has 0 aliphatic rings. The molecule has 4 aromatic rings. The van der Waals surface area contributed by atoms with Crippen LogP contribution in [-0.4, -0.2) is 15.7 Å². The molecule has 5 nitrogen and oxygen atoms in total. The number of nitrogens with one attached hydrogen (secondary N) is 1. The van der Waals surface area contributed by atoms with Gasteiger partial charge >= 0.3 is 0 Å². The van der Waals surface area contributed by atoms with Crippen molar-refractivity contribution in [1.82, 2.24) is 15.1 Å². The highest BCUT2D eigenvalue weighted by Gasteiger charge is 2.19. The summed E-state index contributed by atoms with van der Waals surface area (Å²) in [5.74, 6) is -0.752. The normalized spacial score (nSPS) is 11.9. The van der Waals surface area contributed by atoms with Gasteiger partial charge < -0.3 is 5.32 Å². The summed E-state index contributed by atoms with van der Waals surface area (Å²) in [6.07, 6.45) is 0. The number of benzene rings is 3. The molecule has 1 aromatic heterocycles. The van der Waals surface area contributed by atoms with Crippen molar-refractivity contribution in [3.8, 4) is 5.69 Å². The molecular weight excluding hydrogens is 369 g/mol. The van der Waals surface area contributed by atoms with Gasteiger partial charge in [-0.25, -0.2) is 4.39 Å². The number of aromatic nitrogens is 2. The van der Waals surface area contributed by atoms with Gasteiger partial charge in [0.2, 0.25) is 0 Å². The first-order valence-corrected chi connectivity index (χ1v) is 9.18. The van der Waals surface area contributed by atoms with E-state index in [1.54, 1.807) is 67.6 Å². The zero-order valence-electron chi connectivity index (χ0n) is 15.7. The van der Waals surface area contributed by atoms with Crippen LogP contribution >= 0.6 is 0 Å². The molecule has 0 bridgehead atoms. The van der Waals surface area contributed by atoms with E-state index in [1.165, 1.54) is 16.8 Å². The Kier molecular flexibility index (Phi) is 4.91. The average molecular weight is 387 g/mol. The molecule has 0 unspecified atom stereocenters. The van der Waals surface area contributed by atoms with Crippen molar-refractivity contribution >= 4 is 16.7 Å². The molecule has 0 spiro atoms. The van der Waals surface area contributed by atoms with Crippen molar-refractivity contribution in [2.75, 3.05) is 0 Å². The average Bonchev–Trinajstić information content (AvgIpc) is 2.75. The molecule has 0 aliphatic carbocycles. The number of nitrogens with zero attached hydrogens (tertiary/aromatic N) is 2. The lowest BCUT2D eigenvalue weighted by molar-refractivity contribution is 0.0935. The van der Waals surface area contributed by atoms with Crippen LogP contribution in [0.5, 0.6) is 0 Å². The van der Waals surface area contributed by atoms with Crippen LogP contribution in [0.1, 0.15) is 29.0 Å². The third-order valence-corrected chi connectivity index (χ3v) is 4.74. The zero-order chi connectivity index (χ0) is 20.4. The molecule has 1 amide bonds. The minimum atomic E-state index is -0.414. The van der Waals surface area contributed by atoms with Gasteiger partial charge in [-0.2, -0.15) is 9.78 Å². The molecular formula is C23H18FN3O2. The first kappa shape index (κ1) is 18.6. The summed E-state index contributed by atoms with van der Waals surface area (Å²) in [4.78, 5) is 26.0. The van der Waals surface area contributed by atoms with Gasteiger partial charge in [-0.3, -0.25) is 9.59 Å². The second kappa shape index (κ2) is 7.67. The summed E-state index contributed by atoms with van der Waals surface area (Å²) in [6, 6.07) is 21.4. The maximum Gasteiger partial charge on any atom is 0.279 e. The molecule has 0 saturated carbocycles. The number of amides is 1. The SMILES string of the molecule is C[C@@H](NC(=O)c1nn(-c2ccccc2)c(=O)c2ccccc12)c1ccc(F)cc1. The van der Waals surface area contributed by atoms with E-state index >= 15 is 0 Å². The number of hydrogen-bond acceptors (Lipinski definition) is 3. The van der Waals surface area contributed by atoms with E-state index in [4.69, 9.17) is 0 Å². The highest BCUT2D eigenvalue weighted by molar-refractivity contribution is 6.05. The minimum absolute atomic E-state index is 0.151. The number of rotatable bonds is 4. The molecule has 4 rings (SSSR count). The molecule has 0 fully saturated rings. The molecule has 6 heteroatoms. The summed E-state index contributed by atoms with van der Waals surface area (Å²) < 4.78 is 14.4. The van der Waals surface area contributed by atoms with Crippen LogP contribution in [0.25, 0.3) is 16.5 Å². The van der Waals surface area contributed by atoms with Gasteiger partial charge in [-0.05, 0) is 42.8 Å². The van der Waals surface area contributed by atoms with E-state index < -0.39 is 5.91 Å². The predicted octanol–water partition coefficient (Wildman–Crippen LogP) is 4.02. The molecule has 1 heterocycles. The third kappa shape index (κ3) is 3.65. The highest BCUT2D eigenvalue weighted by atomic mass is 19.1. The summed E-state index contributed by atoms with van der Waals surface area (Å²) in [6.45, 7) is 1.81. The second-order valence-electron chi connectivity index (χ2n) is 6.69. The van der Waals surface area contributed by atoms with Crippen LogP contribution in [0.2, 0.25) is 0 Å². The predicted molar refractivity (Wildman–Crippen MR) is 110 cm³/mol. The number of fused-ring (bicyclic) bond motifs is 1. The summed E-state index contributed by atoms with van der Waals surface area (Å²) >= 11 is 0. The van der Waals surface area contributed by atoms with Crippen LogP contribution in [0, 0.1) is 5.82 Å². The summed E-state index contributed by atoms with van der Waals surface area (Å²) in [5, 5.41) is 8.13. The van der Waals surface area contributed by atoms with E-state index in [0.29, 0.717) is 16.5 Å². The number of halogens is 1. The number of carbonyl (C=O) groups is 1. The summed E-state index contributed by atoms with van der Waals surface area (Å²) in [5.41, 5.74) is 1.19. The molecule has 0 radical (unpaired) electrons. The van der Waals surface area contributed by atoms with E-state index in [1.807, 2.05) is 6.07 Å². The van der Waals surface area contributed by atoms with Gasteiger partial charge in [0.05, 0.1) is 17.1 Å². The van der Waals surface area contributed by atoms with Gasteiger partial charge in [-0.1, -0.05) is 48.5 Å². The summed E-state index contributed by atoms with van der Waals surface area (Å²) in [7, 11) is 0. The standard InChI is InChI=1S/C23H18FN3O2/c1-15(16-11-13-17(24)14-12-16)25-22(28)21-19-9-5-6-10-20(19)23(29)27(26-21)18-7-3-2-4-8-18/h2-15H,1H3,(H,25,28)/t15-/m1/s1. The molecule has 29 heavy (non-hydrogen) atoms. The van der Waals surface area contributed by atoms with Crippen molar-refractivity contribution in [1.29, 1.82) is 0 Å². The lowest BCUT2D eigenvalue weighted by Gasteiger charge is -2.16. The van der Waals surface area contributed by atoms with Crippen LogP contribution in [-0.2, 0) is 0 Å². The van der Waals surface area contributed by atoms with Crippen molar-refractivity contribution in [3.63, 3.8) is 0 Å². The lowest BCUT2D eigenvalue weighted by atomic mass is 10.1. The Morgan fingerprint density at radius 3 is 2.24 bits per heavy atom. The van der Waals surface area contributed by atoms with Crippen LogP contribution in [0.4, 0.5) is 4.39 Å². The van der Waals surface area contributed by atoms with Crippen molar-refractivity contribution in [3.05, 3.63) is 106 Å². The van der Waals surface area contributed by atoms with Gasteiger partial charge in [0, 0.05) is 5.39 Å². The molecule has 1 N–H and O–H groups in total. The first-order valence-electron chi connectivity index (χ1n) is 9.18. The molecule has 3 aromatic carbocycles. The zero-order valence-corrected chi connectivity index (χ0v) is 15.7. The fourth-order valence-electron chi connectivity index (χ4n) is 3.20. The number of hydrogen-bond donors (Lipinski definition) is 1. The quantitative estimate of drug-likeness (QED) is 0.575. The number of carbonyl (C=O) groups excluding carboxylic acids is 1. The van der Waals surface area contributed by atoms with Gasteiger partial charge in [0.15, 0.2) is 5.69 Å². The first-order chi connectivity index (χ1) is 14.0. The fourth-order valence-corrected chi connectivity index (χ4v) is 3.20. The Labute approximate surface area is 166 Å². The fraction of sp³-hybridized carbons (Fsp3) is 0.0870. The van der Waals surface area contributed by atoms with Crippen LogP contribution < -0.4 is 10.9 Å². The Morgan fingerprint density at radius 2 is 1.55 bits per heavy atom. The Balaban J connectivity index is 1.78. The van der Waals surface area contributed by atoms with E-state index in [2.05, 4.69) is 10.4 Å². The Morgan fingerprint density at radius 1 is 0.931 bits per heavy atom. The molecule has 0 saturated heterocycles. The van der Waals surface area contributed by atoms with Crippen LogP contribution in [0.15, 0.2) is 83.7 Å². The maximum absolute atomic E-state index is 13.2.